The van der Waals surface area contributed by atoms with Crippen molar-refractivity contribution in [2.45, 2.75) is 0 Å². The molecule has 0 saturated heterocycles. The third kappa shape index (κ3) is 3.03. The predicted octanol–water partition coefficient (Wildman–Crippen LogP) is 11.7. The van der Waals surface area contributed by atoms with Gasteiger partial charge in [-0.2, -0.15) is 0 Å². The molecule has 11 rings (SSSR count). The average molecular weight is 589 g/mol. The standard InChI is InChI=1S/C42H24N2O2/c1-5-15-32-26(10-1)27-11-2-6-16-33(27)43(32)25-20-21-37-31(24-25)41-38(45-37)22-23-39-40(41)30-14-9-19-36(42(30)46-39)44-34-17-7-3-12-28(34)29-13-4-8-18-35(29)44/h1-24H. The van der Waals surface area contributed by atoms with Gasteiger partial charge in [-0.1, -0.05) is 84.9 Å². The fourth-order valence-electron chi connectivity index (χ4n) is 7.83. The van der Waals surface area contributed by atoms with E-state index in [1.165, 1.54) is 32.6 Å². The van der Waals surface area contributed by atoms with E-state index in [2.05, 4.69) is 143 Å². The number of rotatable bonds is 2. The van der Waals surface area contributed by atoms with E-state index < -0.39 is 0 Å². The van der Waals surface area contributed by atoms with Gasteiger partial charge in [-0.05, 0) is 60.7 Å². The summed E-state index contributed by atoms with van der Waals surface area (Å²) < 4.78 is 18.0. The van der Waals surface area contributed by atoms with E-state index in [1.807, 2.05) is 12.1 Å². The van der Waals surface area contributed by atoms with Crippen LogP contribution in [0, 0.1) is 0 Å². The van der Waals surface area contributed by atoms with Crippen molar-refractivity contribution in [1.29, 1.82) is 0 Å². The van der Waals surface area contributed by atoms with Crippen LogP contribution in [-0.2, 0) is 0 Å². The number of hydrogen-bond acceptors (Lipinski definition) is 2. The zero-order chi connectivity index (χ0) is 29.9. The molecular weight excluding hydrogens is 564 g/mol. The van der Waals surface area contributed by atoms with Crippen LogP contribution in [0.3, 0.4) is 0 Å². The van der Waals surface area contributed by atoms with Gasteiger partial charge in [0.15, 0.2) is 5.58 Å². The molecule has 0 radical (unpaired) electrons. The van der Waals surface area contributed by atoms with Gasteiger partial charge in [0, 0.05) is 48.8 Å². The van der Waals surface area contributed by atoms with Crippen LogP contribution in [0.1, 0.15) is 0 Å². The van der Waals surface area contributed by atoms with Gasteiger partial charge in [0.2, 0.25) is 0 Å². The molecule has 11 aromatic rings. The Kier molecular flexibility index (Phi) is 4.55. The van der Waals surface area contributed by atoms with Gasteiger partial charge in [-0.3, -0.25) is 0 Å². The smallest absolute Gasteiger partial charge is 0.159 e. The molecule has 0 aliphatic carbocycles. The summed E-state index contributed by atoms with van der Waals surface area (Å²) in [5, 5.41) is 9.25. The second-order valence-corrected chi connectivity index (χ2v) is 12.1. The number of fused-ring (bicyclic) bond motifs is 13. The highest BCUT2D eigenvalue weighted by Gasteiger charge is 2.21. The van der Waals surface area contributed by atoms with E-state index in [9.17, 15) is 0 Å². The second-order valence-electron chi connectivity index (χ2n) is 12.1. The third-order valence-electron chi connectivity index (χ3n) is 9.72. The normalized spacial score (nSPS) is 12.3. The minimum Gasteiger partial charge on any atom is -0.456 e. The summed E-state index contributed by atoms with van der Waals surface area (Å²) in [5.74, 6) is 0. The Labute approximate surface area is 261 Å². The second kappa shape index (κ2) is 8.68. The molecule has 46 heavy (non-hydrogen) atoms. The monoisotopic (exact) mass is 588 g/mol. The first-order valence-corrected chi connectivity index (χ1v) is 15.6. The SMILES string of the molecule is c1cc(-n2c3ccccc3c3ccccc32)c2oc3ccc4oc5ccc(-n6c7ccccc7c7ccccc76)cc5c4c3c2c1. The summed E-state index contributed by atoms with van der Waals surface area (Å²) in [5.41, 5.74) is 10.2. The Morgan fingerprint density at radius 2 is 0.826 bits per heavy atom. The number of benzene rings is 7. The van der Waals surface area contributed by atoms with Gasteiger partial charge in [0.25, 0.3) is 0 Å². The van der Waals surface area contributed by atoms with E-state index in [4.69, 9.17) is 8.83 Å². The lowest BCUT2D eigenvalue weighted by molar-refractivity contribution is 0.661. The van der Waals surface area contributed by atoms with Gasteiger partial charge in [-0.25, -0.2) is 0 Å². The quantitative estimate of drug-likeness (QED) is 0.201. The molecule has 0 aliphatic heterocycles. The summed E-state index contributed by atoms with van der Waals surface area (Å²) in [6, 6.07) is 51.5. The van der Waals surface area contributed by atoms with Gasteiger partial charge in [-0.15, -0.1) is 0 Å². The van der Waals surface area contributed by atoms with Gasteiger partial charge in [0.1, 0.15) is 16.7 Å². The molecule has 0 N–H and O–H groups in total. The first-order valence-electron chi connectivity index (χ1n) is 15.6. The molecule has 0 saturated carbocycles. The topological polar surface area (TPSA) is 36.1 Å². The highest BCUT2D eigenvalue weighted by molar-refractivity contribution is 6.27. The highest BCUT2D eigenvalue weighted by atomic mass is 16.3. The maximum Gasteiger partial charge on any atom is 0.159 e. The Bertz CT molecular complexity index is 2930. The molecule has 7 aromatic carbocycles. The first kappa shape index (κ1) is 24.1. The van der Waals surface area contributed by atoms with E-state index in [0.29, 0.717) is 0 Å². The molecule has 4 heterocycles. The molecule has 0 spiro atoms. The lowest BCUT2D eigenvalue weighted by atomic mass is 10.0. The summed E-state index contributed by atoms with van der Waals surface area (Å²) in [6.45, 7) is 0. The Morgan fingerprint density at radius 3 is 1.43 bits per heavy atom. The van der Waals surface area contributed by atoms with Crippen LogP contribution in [0.15, 0.2) is 154 Å². The lowest BCUT2D eigenvalue weighted by Gasteiger charge is -2.08. The number of aromatic nitrogens is 2. The van der Waals surface area contributed by atoms with Crippen LogP contribution in [0.4, 0.5) is 0 Å². The molecule has 0 amide bonds. The van der Waals surface area contributed by atoms with Crippen molar-refractivity contribution in [2.24, 2.45) is 0 Å². The molecule has 0 bridgehead atoms. The van der Waals surface area contributed by atoms with E-state index in [1.54, 1.807) is 0 Å². The Morgan fingerprint density at radius 1 is 0.348 bits per heavy atom. The maximum atomic E-state index is 6.78. The summed E-state index contributed by atoms with van der Waals surface area (Å²) >= 11 is 0. The molecule has 4 aromatic heterocycles. The zero-order valence-electron chi connectivity index (χ0n) is 24.6. The molecule has 0 atom stereocenters. The Hall–Kier alpha value is -6.26. The largest absolute Gasteiger partial charge is 0.456 e. The fourth-order valence-corrected chi connectivity index (χ4v) is 7.83. The van der Waals surface area contributed by atoms with Crippen molar-refractivity contribution in [3.63, 3.8) is 0 Å². The van der Waals surface area contributed by atoms with Crippen LogP contribution < -0.4 is 0 Å². The van der Waals surface area contributed by atoms with Crippen molar-refractivity contribution < 1.29 is 8.83 Å². The van der Waals surface area contributed by atoms with Crippen LogP contribution in [0.25, 0.3) is 98.9 Å². The maximum absolute atomic E-state index is 6.78. The fraction of sp³-hybridized carbons (Fsp3) is 0. The number of para-hydroxylation sites is 5. The summed E-state index contributed by atoms with van der Waals surface area (Å²) in [6.07, 6.45) is 0. The molecule has 214 valence electrons. The van der Waals surface area contributed by atoms with Crippen molar-refractivity contribution in [3.05, 3.63) is 146 Å². The van der Waals surface area contributed by atoms with Gasteiger partial charge >= 0.3 is 0 Å². The Balaban J connectivity index is 1.23. The van der Waals surface area contributed by atoms with Crippen LogP contribution in [0.2, 0.25) is 0 Å². The third-order valence-corrected chi connectivity index (χ3v) is 9.72. The van der Waals surface area contributed by atoms with Crippen LogP contribution in [-0.4, -0.2) is 9.13 Å². The first-order chi connectivity index (χ1) is 22.8. The lowest BCUT2D eigenvalue weighted by Crippen LogP contribution is -1.94. The van der Waals surface area contributed by atoms with Crippen LogP contribution in [0.5, 0.6) is 0 Å². The van der Waals surface area contributed by atoms with Crippen molar-refractivity contribution >= 4 is 87.5 Å². The van der Waals surface area contributed by atoms with Gasteiger partial charge in [0.05, 0.1) is 27.8 Å². The zero-order valence-corrected chi connectivity index (χ0v) is 24.6. The molecule has 0 aliphatic rings. The average Bonchev–Trinajstić information content (AvgIpc) is 3.85. The number of nitrogens with zero attached hydrogens (tertiary/aromatic N) is 2. The molecule has 0 unspecified atom stereocenters. The van der Waals surface area contributed by atoms with E-state index in [-0.39, 0.29) is 0 Å². The summed E-state index contributed by atoms with van der Waals surface area (Å²) in [4.78, 5) is 0. The highest BCUT2D eigenvalue weighted by Crippen LogP contribution is 2.43. The number of hydrogen-bond donors (Lipinski definition) is 0. The van der Waals surface area contributed by atoms with E-state index in [0.717, 1.165) is 66.3 Å². The number of furan rings is 2. The molecular formula is C42H24N2O2. The summed E-state index contributed by atoms with van der Waals surface area (Å²) in [7, 11) is 0. The molecule has 0 fully saturated rings. The minimum absolute atomic E-state index is 0.848. The van der Waals surface area contributed by atoms with Crippen molar-refractivity contribution in [1.82, 2.24) is 9.13 Å². The minimum atomic E-state index is 0.848. The molecule has 4 heteroatoms. The predicted molar refractivity (Wildman–Crippen MR) is 190 cm³/mol. The molecule has 4 nitrogen and oxygen atoms in total. The van der Waals surface area contributed by atoms with E-state index >= 15 is 0 Å². The van der Waals surface area contributed by atoms with Crippen molar-refractivity contribution in [3.8, 4) is 11.4 Å². The van der Waals surface area contributed by atoms with Crippen molar-refractivity contribution in [2.75, 3.05) is 0 Å². The van der Waals surface area contributed by atoms with Crippen LogP contribution >= 0.6 is 0 Å². The van der Waals surface area contributed by atoms with Gasteiger partial charge < -0.3 is 18.0 Å².